The van der Waals surface area contributed by atoms with Crippen molar-refractivity contribution >= 4 is 0 Å². The molecule has 70 valence electrons. The molecule has 0 bridgehead atoms. The third-order valence-electron chi connectivity index (χ3n) is 2.12. The van der Waals surface area contributed by atoms with E-state index >= 15 is 0 Å². The minimum atomic E-state index is 0.486. The standard InChI is InChI=1S/C11H11N3/c12-6-10-7-13-14-8-11(10)9-4-2-1-3-5-9/h1-5,7-8H,6,12H2. The summed E-state index contributed by atoms with van der Waals surface area (Å²) in [5.41, 5.74) is 8.83. The van der Waals surface area contributed by atoms with E-state index in [1.807, 2.05) is 30.3 Å². The van der Waals surface area contributed by atoms with Gasteiger partial charge in [0, 0.05) is 12.1 Å². The van der Waals surface area contributed by atoms with Crippen molar-refractivity contribution in [3.8, 4) is 11.1 Å². The van der Waals surface area contributed by atoms with Gasteiger partial charge in [0.25, 0.3) is 0 Å². The molecule has 0 saturated carbocycles. The Bertz CT molecular complexity index is 412. The van der Waals surface area contributed by atoms with Crippen LogP contribution in [0.1, 0.15) is 5.56 Å². The van der Waals surface area contributed by atoms with E-state index in [-0.39, 0.29) is 0 Å². The second-order valence-corrected chi connectivity index (χ2v) is 3.00. The summed E-state index contributed by atoms with van der Waals surface area (Å²) < 4.78 is 0. The Kier molecular flexibility index (Phi) is 2.51. The van der Waals surface area contributed by atoms with Crippen molar-refractivity contribution in [2.75, 3.05) is 0 Å². The van der Waals surface area contributed by atoms with E-state index in [4.69, 9.17) is 5.73 Å². The van der Waals surface area contributed by atoms with Crippen LogP contribution >= 0.6 is 0 Å². The molecule has 3 nitrogen and oxygen atoms in total. The fraction of sp³-hybridized carbons (Fsp3) is 0.0909. The van der Waals surface area contributed by atoms with Crippen molar-refractivity contribution < 1.29 is 0 Å². The average molecular weight is 185 g/mol. The molecular weight excluding hydrogens is 174 g/mol. The molecule has 14 heavy (non-hydrogen) atoms. The largest absolute Gasteiger partial charge is 0.326 e. The molecule has 2 rings (SSSR count). The van der Waals surface area contributed by atoms with Crippen LogP contribution in [0.2, 0.25) is 0 Å². The second-order valence-electron chi connectivity index (χ2n) is 3.00. The number of aromatic nitrogens is 2. The van der Waals surface area contributed by atoms with Gasteiger partial charge >= 0.3 is 0 Å². The maximum absolute atomic E-state index is 5.62. The van der Waals surface area contributed by atoms with Crippen molar-refractivity contribution in [3.63, 3.8) is 0 Å². The van der Waals surface area contributed by atoms with Crippen molar-refractivity contribution in [2.45, 2.75) is 6.54 Å². The summed E-state index contributed by atoms with van der Waals surface area (Å²) >= 11 is 0. The molecule has 0 aliphatic carbocycles. The van der Waals surface area contributed by atoms with E-state index in [1.54, 1.807) is 12.4 Å². The number of nitrogens with zero attached hydrogens (tertiary/aromatic N) is 2. The number of nitrogens with two attached hydrogens (primary N) is 1. The molecule has 0 amide bonds. The van der Waals surface area contributed by atoms with Crippen molar-refractivity contribution in [1.82, 2.24) is 10.2 Å². The molecule has 0 unspecified atom stereocenters. The molecule has 1 aromatic carbocycles. The third kappa shape index (κ3) is 1.63. The highest BCUT2D eigenvalue weighted by atomic mass is 15.1. The quantitative estimate of drug-likeness (QED) is 0.773. The predicted octanol–water partition coefficient (Wildman–Crippen LogP) is 1.60. The van der Waals surface area contributed by atoms with Gasteiger partial charge in [-0.2, -0.15) is 10.2 Å². The Morgan fingerprint density at radius 1 is 1.00 bits per heavy atom. The second kappa shape index (κ2) is 3.98. The van der Waals surface area contributed by atoms with Crippen molar-refractivity contribution in [2.24, 2.45) is 5.73 Å². The van der Waals surface area contributed by atoms with Gasteiger partial charge in [0.2, 0.25) is 0 Å². The smallest absolute Gasteiger partial charge is 0.0577 e. The summed E-state index contributed by atoms with van der Waals surface area (Å²) in [5.74, 6) is 0. The first-order chi connectivity index (χ1) is 6.92. The first-order valence-electron chi connectivity index (χ1n) is 4.47. The number of hydrogen-bond donors (Lipinski definition) is 1. The Labute approximate surface area is 82.6 Å². The van der Waals surface area contributed by atoms with Crippen LogP contribution in [0.4, 0.5) is 0 Å². The Morgan fingerprint density at radius 2 is 1.71 bits per heavy atom. The van der Waals surface area contributed by atoms with Gasteiger partial charge in [-0.1, -0.05) is 30.3 Å². The first-order valence-corrected chi connectivity index (χ1v) is 4.47. The van der Waals surface area contributed by atoms with Gasteiger partial charge in [0.15, 0.2) is 0 Å². The van der Waals surface area contributed by atoms with Crippen LogP contribution in [0.5, 0.6) is 0 Å². The lowest BCUT2D eigenvalue weighted by Crippen LogP contribution is -2.00. The van der Waals surface area contributed by atoms with Gasteiger partial charge in [-0.05, 0) is 11.1 Å². The van der Waals surface area contributed by atoms with Gasteiger partial charge in [-0.25, -0.2) is 0 Å². The zero-order valence-electron chi connectivity index (χ0n) is 7.72. The van der Waals surface area contributed by atoms with Crippen molar-refractivity contribution in [3.05, 3.63) is 48.3 Å². The molecule has 0 atom stereocenters. The lowest BCUT2D eigenvalue weighted by molar-refractivity contribution is 0.969. The summed E-state index contributed by atoms with van der Waals surface area (Å²) in [6, 6.07) is 10.1. The Hall–Kier alpha value is -1.74. The highest BCUT2D eigenvalue weighted by Gasteiger charge is 2.02. The van der Waals surface area contributed by atoms with Crippen LogP contribution < -0.4 is 5.73 Å². The summed E-state index contributed by atoms with van der Waals surface area (Å²) in [4.78, 5) is 0. The third-order valence-corrected chi connectivity index (χ3v) is 2.12. The lowest BCUT2D eigenvalue weighted by Gasteiger charge is -2.05. The molecule has 2 N–H and O–H groups in total. The van der Waals surface area contributed by atoms with E-state index in [1.165, 1.54) is 0 Å². The Morgan fingerprint density at radius 3 is 2.43 bits per heavy atom. The zero-order chi connectivity index (χ0) is 9.80. The minimum absolute atomic E-state index is 0.486. The summed E-state index contributed by atoms with van der Waals surface area (Å²) in [5, 5.41) is 7.68. The molecule has 0 spiro atoms. The highest BCUT2D eigenvalue weighted by molar-refractivity contribution is 5.65. The van der Waals surface area contributed by atoms with Gasteiger partial charge in [0.05, 0.1) is 12.4 Å². The summed E-state index contributed by atoms with van der Waals surface area (Å²) in [7, 11) is 0. The molecule has 1 aromatic heterocycles. The van der Waals surface area contributed by atoms with E-state index in [9.17, 15) is 0 Å². The predicted molar refractivity (Wildman–Crippen MR) is 55.4 cm³/mol. The maximum Gasteiger partial charge on any atom is 0.0577 e. The summed E-state index contributed by atoms with van der Waals surface area (Å²) in [6.07, 6.45) is 3.46. The van der Waals surface area contributed by atoms with Crippen LogP contribution in [-0.4, -0.2) is 10.2 Å². The summed E-state index contributed by atoms with van der Waals surface area (Å²) in [6.45, 7) is 0.486. The molecule has 0 aliphatic heterocycles. The molecule has 0 aliphatic rings. The van der Waals surface area contributed by atoms with E-state index in [0.29, 0.717) is 6.54 Å². The van der Waals surface area contributed by atoms with Crippen LogP contribution in [0.3, 0.4) is 0 Å². The fourth-order valence-corrected chi connectivity index (χ4v) is 1.39. The molecule has 1 heterocycles. The number of hydrogen-bond acceptors (Lipinski definition) is 3. The monoisotopic (exact) mass is 185 g/mol. The van der Waals surface area contributed by atoms with Crippen LogP contribution in [0.15, 0.2) is 42.7 Å². The van der Waals surface area contributed by atoms with Gasteiger partial charge < -0.3 is 5.73 Å². The maximum atomic E-state index is 5.62. The molecule has 3 heteroatoms. The van der Waals surface area contributed by atoms with Crippen LogP contribution in [-0.2, 0) is 6.54 Å². The minimum Gasteiger partial charge on any atom is -0.326 e. The van der Waals surface area contributed by atoms with Crippen molar-refractivity contribution in [1.29, 1.82) is 0 Å². The molecule has 0 saturated heterocycles. The van der Waals surface area contributed by atoms with Gasteiger partial charge in [-0.3, -0.25) is 0 Å². The topological polar surface area (TPSA) is 51.8 Å². The number of rotatable bonds is 2. The lowest BCUT2D eigenvalue weighted by atomic mass is 10.0. The molecule has 2 aromatic rings. The zero-order valence-corrected chi connectivity index (χ0v) is 7.72. The Balaban J connectivity index is 2.51. The highest BCUT2D eigenvalue weighted by Crippen LogP contribution is 2.20. The van der Waals surface area contributed by atoms with Gasteiger partial charge in [0.1, 0.15) is 0 Å². The molecular formula is C11H11N3. The van der Waals surface area contributed by atoms with Crippen LogP contribution in [0.25, 0.3) is 11.1 Å². The first kappa shape index (κ1) is 8.84. The SMILES string of the molecule is NCc1cnncc1-c1ccccc1. The van der Waals surface area contributed by atoms with E-state index in [2.05, 4.69) is 10.2 Å². The van der Waals surface area contributed by atoms with E-state index in [0.717, 1.165) is 16.7 Å². The van der Waals surface area contributed by atoms with Gasteiger partial charge in [-0.15, -0.1) is 0 Å². The van der Waals surface area contributed by atoms with E-state index < -0.39 is 0 Å². The van der Waals surface area contributed by atoms with Crippen LogP contribution in [0, 0.1) is 0 Å². The fourth-order valence-electron chi connectivity index (χ4n) is 1.39. The average Bonchev–Trinajstić information content (AvgIpc) is 2.30. The normalized spacial score (nSPS) is 10.1. The molecule has 0 radical (unpaired) electrons. The molecule has 0 fully saturated rings. The number of benzene rings is 1.